The quantitative estimate of drug-likeness (QED) is 0.783. The molecule has 0 atom stereocenters. The summed E-state index contributed by atoms with van der Waals surface area (Å²) in [5.74, 6) is 0. The minimum Gasteiger partial charge on any atom is -0.207 e. The van der Waals surface area contributed by atoms with Crippen LogP contribution in [0.2, 0.25) is 0 Å². The second-order valence-corrected chi connectivity index (χ2v) is 6.77. The third-order valence-electron chi connectivity index (χ3n) is 3.64. The molecule has 0 N–H and O–H groups in total. The van der Waals surface area contributed by atoms with E-state index in [4.69, 9.17) is 5.26 Å². The molecule has 0 aromatic heterocycles. The van der Waals surface area contributed by atoms with Crippen LogP contribution in [0.4, 0.5) is 0 Å². The van der Waals surface area contributed by atoms with Crippen molar-refractivity contribution in [2.45, 2.75) is 36.6 Å². The molecule has 20 heavy (non-hydrogen) atoms. The molecule has 0 bridgehead atoms. The Morgan fingerprint density at radius 3 is 2.60 bits per heavy atom. The largest absolute Gasteiger partial charge is 0.244 e. The van der Waals surface area contributed by atoms with Gasteiger partial charge in [0.05, 0.1) is 10.5 Å². The van der Waals surface area contributed by atoms with E-state index in [1.807, 2.05) is 6.07 Å². The smallest absolute Gasteiger partial charge is 0.207 e. The first-order valence-corrected chi connectivity index (χ1v) is 8.17. The molecule has 1 aliphatic rings. The summed E-state index contributed by atoms with van der Waals surface area (Å²) in [6.07, 6.45) is 5.45. The summed E-state index contributed by atoms with van der Waals surface area (Å²) in [4.78, 5) is 0.0938. The summed E-state index contributed by atoms with van der Waals surface area (Å²) < 4.78 is 27.1. The number of nitriles is 1. The van der Waals surface area contributed by atoms with Gasteiger partial charge in [0.15, 0.2) is 0 Å². The number of sulfonamides is 1. The summed E-state index contributed by atoms with van der Waals surface area (Å²) in [6.45, 7) is 3.94. The maximum atomic E-state index is 12.8. The Hall–Kier alpha value is -1.64. The molecule has 0 aliphatic heterocycles. The minimum absolute atomic E-state index is 0.0183. The van der Waals surface area contributed by atoms with Gasteiger partial charge in [-0.05, 0) is 25.0 Å². The molecule has 4 nitrogen and oxygen atoms in total. The van der Waals surface area contributed by atoms with Crippen molar-refractivity contribution in [3.05, 3.63) is 42.5 Å². The van der Waals surface area contributed by atoms with Crippen LogP contribution in [0.3, 0.4) is 0 Å². The Balaban J connectivity index is 2.45. The topological polar surface area (TPSA) is 61.2 Å². The van der Waals surface area contributed by atoms with Crippen molar-refractivity contribution in [2.75, 3.05) is 6.54 Å². The molecule has 1 saturated carbocycles. The minimum atomic E-state index is -3.65. The molecular formula is C15H18N2O2S. The van der Waals surface area contributed by atoms with Crippen molar-refractivity contribution >= 4 is 10.0 Å². The zero-order chi connectivity index (χ0) is 14.6. The van der Waals surface area contributed by atoms with Gasteiger partial charge in [-0.25, -0.2) is 8.42 Å². The van der Waals surface area contributed by atoms with Gasteiger partial charge in [0.2, 0.25) is 10.0 Å². The van der Waals surface area contributed by atoms with Crippen molar-refractivity contribution in [1.29, 1.82) is 5.26 Å². The van der Waals surface area contributed by atoms with E-state index in [-0.39, 0.29) is 23.0 Å². The Bertz CT molecular complexity index is 626. The highest BCUT2D eigenvalue weighted by Crippen LogP contribution is 2.29. The van der Waals surface area contributed by atoms with Crippen LogP contribution >= 0.6 is 0 Å². The molecule has 5 heteroatoms. The number of hydrogen-bond acceptors (Lipinski definition) is 3. The van der Waals surface area contributed by atoms with Crippen molar-refractivity contribution < 1.29 is 8.42 Å². The zero-order valence-corrected chi connectivity index (χ0v) is 12.1. The zero-order valence-electron chi connectivity index (χ0n) is 11.3. The monoisotopic (exact) mass is 290 g/mol. The normalized spacial score (nSPS) is 16.2. The van der Waals surface area contributed by atoms with E-state index < -0.39 is 10.0 Å². The number of nitrogens with zero attached hydrogens (tertiary/aromatic N) is 2. The molecule has 106 valence electrons. The molecule has 1 aromatic carbocycles. The fourth-order valence-corrected chi connectivity index (χ4v) is 4.47. The van der Waals surface area contributed by atoms with Crippen LogP contribution in [-0.4, -0.2) is 25.3 Å². The Labute approximate surface area is 120 Å². The first-order chi connectivity index (χ1) is 9.61. The van der Waals surface area contributed by atoms with Crippen molar-refractivity contribution in [2.24, 2.45) is 0 Å². The lowest BCUT2D eigenvalue weighted by Crippen LogP contribution is -2.39. The Morgan fingerprint density at radius 1 is 1.35 bits per heavy atom. The maximum Gasteiger partial charge on any atom is 0.244 e. The summed E-state index contributed by atoms with van der Waals surface area (Å²) in [5, 5.41) is 9.11. The van der Waals surface area contributed by atoms with Crippen LogP contribution in [0.5, 0.6) is 0 Å². The van der Waals surface area contributed by atoms with Gasteiger partial charge >= 0.3 is 0 Å². The van der Waals surface area contributed by atoms with E-state index >= 15 is 0 Å². The van der Waals surface area contributed by atoms with Gasteiger partial charge in [0.1, 0.15) is 6.07 Å². The van der Waals surface area contributed by atoms with Gasteiger partial charge < -0.3 is 0 Å². The van der Waals surface area contributed by atoms with Crippen LogP contribution in [0.15, 0.2) is 41.8 Å². The van der Waals surface area contributed by atoms with E-state index in [1.54, 1.807) is 18.2 Å². The molecule has 0 heterocycles. The Morgan fingerprint density at radius 2 is 2.00 bits per heavy atom. The number of rotatable bonds is 5. The third kappa shape index (κ3) is 2.77. The second-order valence-electron chi connectivity index (χ2n) is 4.91. The van der Waals surface area contributed by atoms with E-state index in [0.29, 0.717) is 0 Å². The molecule has 1 fully saturated rings. The standard InChI is InChI=1S/C15H18N2O2S/c1-2-11-17(14-8-4-5-9-14)20(18,19)15-10-6-3-7-13(15)12-16/h2-3,6-7,10,14H,1,4-5,8-9,11H2. The first kappa shape index (κ1) is 14.8. The summed E-state index contributed by atoms with van der Waals surface area (Å²) in [7, 11) is -3.65. The first-order valence-electron chi connectivity index (χ1n) is 6.73. The van der Waals surface area contributed by atoms with E-state index in [1.165, 1.54) is 16.4 Å². The van der Waals surface area contributed by atoms with Crippen LogP contribution in [0, 0.1) is 11.3 Å². The second kappa shape index (κ2) is 6.21. The third-order valence-corrected chi connectivity index (χ3v) is 5.61. The van der Waals surface area contributed by atoms with Gasteiger partial charge in [0.25, 0.3) is 0 Å². The summed E-state index contributed by atoms with van der Waals surface area (Å²) in [5.41, 5.74) is 0.194. The molecule has 0 saturated heterocycles. The summed E-state index contributed by atoms with van der Waals surface area (Å²) in [6, 6.07) is 8.33. The van der Waals surface area contributed by atoms with Gasteiger partial charge in [0, 0.05) is 12.6 Å². The molecule has 0 radical (unpaired) electrons. The number of hydrogen-bond donors (Lipinski definition) is 0. The fraction of sp³-hybridized carbons (Fsp3) is 0.400. The van der Waals surface area contributed by atoms with Gasteiger partial charge in [-0.3, -0.25) is 0 Å². The van der Waals surface area contributed by atoms with Crippen LogP contribution < -0.4 is 0 Å². The van der Waals surface area contributed by atoms with Crippen LogP contribution in [0.1, 0.15) is 31.2 Å². The molecular weight excluding hydrogens is 272 g/mol. The lowest BCUT2D eigenvalue weighted by Gasteiger charge is -2.27. The molecule has 2 rings (SSSR count). The van der Waals surface area contributed by atoms with Crippen molar-refractivity contribution in [1.82, 2.24) is 4.31 Å². The predicted octanol–water partition coefficient (Wildman–Crippen LogP) is 2.68. The van der Waals surface area contributed by atoms with Gasteiger partial charge in [-0.1, -0.05) is 31.1 Å². The van der Waals surface area contributed by atoms with E-state index in [2.05, 4.69) is 6.58 Å². The van der Waals surface area contributed by atoms with Crippen LogP contribution in [-0.2, 0) is 10.0 Å². The lowest BCUT2D eigenvalue weighted by molar-refractivity contribution is 0.347. The Kier molecular flexibility index (Phi) is 4.58. The highest BCUT2D eigenvalue weighted by atomic mass is 32.2. The fourth-order valence-electron chi connectivity index (χ4n) is 2.67. The number of benzene rings is 1. The lowest BCUT2D eigenvalue weighted by atomic mass is 10.2. The van der Waals surface area contributed by atoms with Crippen molar-refractivity contribution in [3.63, 3.8) is 0 Å². The predicted molar refractivity (Wildman–Crippen MR) is 77.5 cm³/mol. The van der Waals surface area contributed by atoms with Crippen molar-refractivity contribution in [3.8, 4) is 6.07 Å². The highest BCUT2D eigenvalue weighted by molar-refractivity contribution is 7.89. The summed E-state index contributed by atoms with van der Waals surface area (Å²) >= 11 is 0. The molecule has 0 spiro atoms. The average Bonchev–Trinajstić information content (AvgIpc) is 2.98. The average molecular weight is 290 g/mol. The van der Waals surface area contributed by atoms with Gasteiger partial charge in [-0.15, -0.1) is 6.58 Å². The van der Waals surface area contributed by atoms with Gasteiger partial charge in [-0.2, -0.15) is 9.57 Å². The van der Waals surface area contributed by atoms with E-state index in [9.17, 15) is 8.42 Å². The molecule has 1 aliphatic carbocycles. The van der Waals surface area contributed by atoms with E-state index in [0.717, 1.165) is 25.7 Å². The highest BCUT2D eigenvalue weighted by Gasteiger charge is 2.33. The molecule has 1 aromatic rings. The SMILES string of the molecule is C=CCN(C1CCCC1)S(=O)(=O)c1ccccc1C#N. The van der Waals surface area contributed by atoms with Crippen LogP contribution in [0.25, 0.3) is 0 Å². The molecule has 0 unspecified atom stereocenters. The maximum absolute atomic E-state index is 12.8. The molecule has 0 amide bonds.